The van der Waals surface area contributed by atoms with Crippen LogP contribution in [-0.4, -0.2) is 16.5 Å². The minimum atomic E-state index is -0.549. The van der Waals surface area contributed by atoms with Crippen molar-refractivity contribution >= 4 is 33.2 Å². The van der Waals surface area contributed by atoms with Crippen LogP contribution in [0.25, 0.3) is 0 Å². The molecule has 2 aromatic rings. The zero-order valence-corrected chi connectivity index (χ0v) is 13.2. The molecule has 0 aliphatic rings. The lowest BCUT2D eigenvalue weighted by Crippen LogP contribution is -2.19. The van der Waals surface area contributed by atoms with E-state index in [1.807, 2.05) is 24.3 Å². The van der Waals surface area contributed by atoms with Gasteiger partial charge in [-0.25, -0.2) is 5.43 Å². The van der Waals surface area contributed by atoms with Gasteiger partial charge in [0.2, 0.25) is 0 Å². The van der Waals surface area contributed by atoms with Gasteiger partial charge in [0.1, 0.15) is 0 Å². The van der Waals surface area contributed by atoms with Crippen molar-refractivity contribution in [1.29, 1.82) is 0 Å². The van der Waals surface area contributed by atoms with Crippen LogP contribution in [0.5, 0.6) is 0 Å². The molecule has 0 atom stereocenters. The molecule has 2 aromatic carbocycles. The first-order valence-corrected chi connectivity index (χ1v) is 7.11. The Hall–Kier alpha value is -2.54. The third-order valence-corrected chi connectivity index (χ3v) is 3.38. The number of nitro groups is 1. The van der Waals surface area contributed by atoms with Gasteiger partial charge in [0.05, 0.1) is 10.6 Å². The van der Waals surface area contributed by atoms with Crippen LogP contribution in [0.4, 0.5) is 5.69 Å². The maximum absolute atomic E-state index is 12.0. The van der Waals surface area contributed by atoms with Crippen LogP contribution in [-0.2, 0) is 0 Å². The number of non-ortho nitro benzene ring substituents is 1. The summed E-state index contributed by atoms with van der Waals surface area (Å²) in [6.07, 6.45) is 0. The van der Waals surface area contributed by atoms with E-state index in [1.165, 1.54) is 24.3 Å². The number of nitro benzene ring substituents is 1. The Labute approximate surface area is 135 Å². The van der Waals surface area contributed by atoms with Gasteiger partial charge in [0.15, 0.2) is 0 Å². The van der Waals surface area contributed by atoms with E-state index in [9.17, 15) is 14.9 Å². The van der Waals surface area contributed by atoms with Gasteiger partial charge in [-0.3, -0.25) is 14.9 Å². The molecule has 0 fully saturated rings. The van der Waals surface area contributed by atoms with Gasteiger partial charge in [0, 0.05) is 22.2 Å². The van der Waals surface area contributed by atoms with Crippen molar-refractivity contribution in [1.82, 2.24) is 5.43 Å². The van der Waals surface area contributed by atoms with Crippen molar-refractivity contribution in [2.75, 3.05) is 0 Å². The molecule has 0 radical (unpaired) electrons. The van der Waals surface area contributed by atoms with Crippen molar-refractivity contribution in [2.24, 2.45) is 5.10 Å². The molecule has 0 aliphatic heterocycles. The normalized spacial score (nSPS) is 11.1. The highest BCUT2D eigenvalue weighted by Crippen LogP contribution is 2.14. The standard InChI is InChI=1S/C15H12BrN3O3/c1-10(11-4-2-6-13(16)8-11)17-18-15(20)12-5-3-7-14(9-12)19(21)22/h2-9H,1H3,(H,18,20)/b17-10+. The van der Waals surface area contributed by atoms with E-state index < -0.39 is 10.8 Å². The van der Waals surface area contributed by atoms with Crippen molar-refractivity contribution in [3.8, 4) is 0 Å². The fourth-order valence-electron chi connectivity index (χ4n) is 1.74. The number of rotatable bonds is 4. The highest BCUT2D eigenvalue weighted by Gasteiger charge is 2.11. The van der Waals surface area contributed by atoms with Gasteiger partial charge >= 0.3 is 0 Å². The molecule has 0 unspecified atom stereocenters. The summed E-state index contributed by atoms with van der Waals surface area (Å²) in [5.74, 6) is -0.502. The van der Waals surface area contributed by atoms with Gasteiger partial charge in [-0.1, -0.05) is 34.1 Å². The Bertz CT molecular complexity index is 759. The number of halogens is 1. The molecule has 1 amide bonds. The highest BCUT2D eigenvalue weighted by atomic mass is 79.9. The molecular formula is C15H12BrN3O3. The zero-order chi connectivity index (χ0) is 16.1. The number of hydrazone groups is 1. The molecule has 0 saturated heterocycles. The summed E-state index contributed by atoms with van der Waals surface area (Å²) in [5.41, 5.74) is 3.92. The van der Waals surface area contributed by atoms with E-state index in [-0.39, 0.29) is 11.3 Å². The molecule has 7 heteroatoms. The van der Waals surface area contributed by atoms with Crippen molar-refractivity contribution in [2.45, 2.75) is 6.92 Å². The predicted octanol–water partition coefficient (Wildman–Crippen LogP) is 3.51. The topological polar surface area (TPSA) is 84.6 Å². The van der Waals surface area contributed by atoms with Crippen LogP contribution in [0, 0.1) is 10.1 Å². The molecule has 0 heterocycles. The summed E-state index contributed by atoms with van der Waals surface area (Å²) in [5, 5.41) is 14.7. The molecule has 0 aliphatic carbocycles. The van der Waals surface area contributed by atoms with Crippen LogP contribution in [0.15, 0.2) is 58.1 Å². The van der Waals surface area contributed by atoms with Gasteiger partial charge in [-0.05, 0) is 30.7 Å². The Morgan fingerprint density at radius 1 is 1.18 bits per heavy atom. The van der Waals surface area contributed by atoms with Crippen LogP contribution in [0.1, 0.15) is 22.8 Å². The first kappa shape index (κ1) is 15.8. The average Bonchev–Trinajstić information content (AvgIpc) is 2.52. The quantitative estimate of drug-likeness (QED) is 0.513. The number of nitrogens with one attached hydrogen (secondary N) is 1. The highest BCUT2D eigenvalue weighted by molar-refractivity contribution is 9.10. The second kappa shape index (κ2) is 6.95. The Balaban J connectivity index is 2.13. The van der Waals surface area contributed by atoms with Gasteiger partial charge in [-0.2, -0.15) is 5.10 Å². The summed E-state index contributed by atoms with van der Waals surface area (Å²) >= 11 is 3.36. The number of carbonyl (C=O) groups is 1. The lowest BCUT2D eigenvalue weighted by Gasteiger charge is -2.03. The Morgan fingerprint density at radius 2 is 1.86 bits per heavy atom. The van der Waals surface area contributed by atoms with E-state index in [1.54, 1.807) is 6.92 Å². The number of amides is 1. The first-order chi connectivity index (χ1) is 10.5. The van der Waals surface area contributed by atoms with Crippen LogP contribution in [0.3, 0.4) is 0 Å². The predicted molar refractivity (Wildman–Crippen MR) is 86.9 cm³/mol. The number of hydrogen-bond acceptors (Lipinski definition) is 4. The fraction of sp³-hybridized carbons (Fsp3) is 0.0667. The van der Waals surface area contributed by atoms with Crippen molar-refractivity contribution < 1.29 is 9.72 Å². The SMILES string of the molecule is C/C(=N\NC(=O)c1cccc([N+](=O)[O-])c1)c1cccc(Br)c1. The summed E-state index contributed by atoms with van der Waals surface area (Å²) in [7, 11) is 0. The first-order valence-electron chi connectivity index (χ1n) is 6.32. The van der Waals surface area contributed by atoms with Gasteiger partial charge in [-0.15, -0.1) is 0 Å². The summed E-state index contributed by atoms with van der Waals surface area (Å²) in [6, 6.07) is 13.0. The monoisotopic (exact) mass is 361 g/mol. The van der Waals surface area contributed by atoms with Gasteiger partial charge in [0.25, 0.3) is 11.6 Å². The third-order valence-electron chi connectivity index (χ3n) is 2.89. The van der Waals surface area contributed by atoms with Crippen molar-refractivity contribution in [3.05, 3.63) is 74.2 Å². The van der Waals surface area contributed by atoms with E-state index in [4.69, 9.17) is 0 Å². The summed E-state index contributed by atoms with van der Waals surface area (Å²) in [4.78, 5) is 22.1. The molecule has 22 heavy (non-hydrogen) atoms. The van der Waals surface area contributed by atoms with Crippen molar-refractivity contribution in [3.63, 3.8) is 0 Å². The van der Waals surface area contributed by atoms with E-state index in [0.717, 1.165) is 10.0 Å². The minimum Gasteiger partial charge on any atom is -0.267 e. The fourth-order valence-corrected chi connectivity index (χ4v) is 2.14. The lowest BCUT2D eigenvalue weighted by atomic mass is 10.1. The second-order valence-corrected chi connectivity index (χ2v) is 5.37. The Morgan fingerprint density at radius 3 is 2.55 bits per heavy atom. The molecule has 6 nitrogen and oxygen atoms in total. The molecular weight excluding hydrogens is 350 g/mol. The smallest absolute Gasteiger partial charge is 0.267 e. The van der Waals surface area contributed by atoms with Crippen LogP contribution in [0.2, 0.25) is 0 Å². The largest absolute Gasteiger partial charge is 0.271 e. The maximum Gasteiger partial charge on any atom is 0.271 e. The maximum atomic E-state index is 12.0. The minimum absolute atomic E-state index is 0.139. The molecule has 0 bridgehead atoms. The molecule has 2 rings (SSSR count). The summed E-state index contributed by atoms with van der Waals surface area (Å²) < 4.78 is 0.907. The Kier molecular flexibility index (Phi) is 5.00. The number of nitrogens with zero attached hydrogens (tertiary/aromatic N) is 2. The van der Waals surface area contributed by atoms with Gasteiger partial charge < -0.3 is 0 Å². The van der Waals surface area contributed by atoms with E-state index >= 15 is 0 Å². The summed E-state index contributed by atoms with van der Waals surface area (Å²) in [6.45, 7) is 1.76. The third kappa shape index (κ3) is 3.98. The molecule has 1 N–H and O–H groups in total. The van der Waals surface area contributed by atoms with E-state index in [2.05, 4.69) is 26.5 Å². The molecule has 0 spiro atoms. The van der Waals surface area contributed by atoms with E-state index in [0.29, 0.717) is 5.71 Å². The number of carbonyl (C=O) groups excluding carboxylic acids is 1. The lowest BCUT2D eigenvalue weighted by molar-refractivity contribution is -0.384. The molecule has 0 saturated carbocycles. The van der Waals surface area contributed by atoms with Crippen LogP contribution >= 0.6 is 15.9 Å². The average molecular weight is 362 g/mol. The van der Waals surface area contributed by atoms with Crippen LogP contribution < -0.4 is 5.43 Å². The molecule has 0 aromatic heterocycles. The zero-order valence-electron chi connectivity index (χ0n) is 11.6. The number of hydrogen-bond donors (Lipinski definition) is 1. The second-order valence-electron chi connectivity index (χ2n) is 4.46. The number of benzene rings is 2. The molecule has 112 valence electrons.